The highest BCUT2D eigenvalue weighted by Gasteiger charge is 2.39. The first-order valence-electron chi connectivity index (χ1n) is 22.1. The van der Waals surface area contributed by atoms with Crippen molar-refractivity contribution in [3.63, 3.8) is 0 Å². The maximum atomic E-state index is 14.6. The minimum Gasteiger partial charge on any atom is -0.496 e. The van der Waals surface area contributed by atoms with Gasteiger partial charge < -0.3 is 52.4 Å². The molecule has 1 saturated heterocycles. The molecule has 6 rings (SSSR count). The Morgan fingerprint density at radius 2 is 1.36 bits per heavy atom. The molecule has 0 radical (unpaired) electrons. The van der Waals surface area contributed by atoms with Crippen LogP contribution in [-0.4, -0.2) is 97.4 Å². The average Bonchev–Trinajstić information content (AvgIpc) is 3.84. The van der Waals surface area contributed by atoms with E-state index in [9.17, 15) is 28.8 Å². The van der Waals surface area contributed by atoms with Crippen molar-refractivity contribution >= 4 is 58.0 Å². The first-order chi connectivity index (χ1) is 32.5. The number of hydrogen-bond acceptors (Lipinski definition) is 9. The number of alkyl carbamates (subject to hydrolysis) is 1. The van der Waals surface area contributed by atoms with E-state index < -0.39 is 60.4 Å². The van der Waals surface area contributed by atoms with Crippen LogP contribution >= 0.6 is 0 Å². The lowest BCUT2D eigenvalue weighted by Gasteiger charge is -2.30. The summed E-state index contributed by atoms with van der Waals surface area (Å²) in [5.41, 5.74) is 13.6. The van der Waals surface area contributed by atoms with Gasteiger partial charge in [0.25, 0.3) is 0 Å². The fraction of sp³-hybridized carbons (Fsp3) is 0.300. The molecule has 1 fully saturated rings. The van der Waals surface area contributed by atoms with Gasteiger partial charge in [-0.05, 0) is 53.8 Å². The number of nitrogens with two attached hydrogens (primary N) is 2. The molecule has 5 aromatic carbocycles. The predicted octanol–water partition coefficient (Wildman–Crippen LogP) is 3.70. The summed E-state index contributed by atoms with van der Waals surface area (Å²) >= 11 is 0. The Balaban J connectivity index is 1.15. The van der Waals surface area contributed by atoms with Gasteiger partial charge in [0.15, 0.2) is 5.96 Å². The lowest BCUT2D eigenvalue weighted by atomic mass is 10.0. The van der Waals surface area contributed by atoms with E-state index in [2.05, 4.69) is 31.6 Å². The van der Waals surface area contributed by atoms with Crippen molar-refractivity contribution < 1.29 is 38.2 Å². The van der Waals surface area contributed by atoms with E-state index >= 15 is 0 Å². The van der Waals surface area contributed by atoms with Crippen molar-refractivity contribution in [1.82, 2.24) is 26.2 Å². The van der Waals surface area contributed by atoms with Gasteiger partial charge in [-0.1, -0.05) is 115 Å². The van der Waals surface area contributed by atoms with Crippen LogP contribution in [0.5, 0.6) is 5.75 Å². The monoisotopic (exact) mass is 911 g/mol. The topological polar surface area (TPSA) is 249 Å². The van der Waals surface area contributed by atoms with Gasteiger partial charge in [-0.15, -0.1) is 0 Å². The van der Waals surface area contributed by atoms with E-state index in [0.29, 0.717) is 30.7 Å². The number of nitrogens with zero attached hydrogens (tertiary/aromatic N) is 2. The van der Waals surface area contributed by atoms with Gasteiger partial charge in [0, 0.05) is 43.1 Å². The second-order valence-electron chi connectivity index (χ2n) is 16.1. The third-order valence-corrected chi connectivity index (χ3v) is 11.2. The number of carbonyl (C=O) groups excluding carboxylic acids is 6. The van der Waals surface area contributed by atoms with Gasteiger partial charge in [0.2, 0.25) is 29.5 Å². The molecule has 0 saturated carbocycles. The van der Waals surface area contributed by atoms with E-state index in [0.717, 1.165) is 27.5 Å². The number of aliphatic imine (C=N–C) groups is 1. The summed E-state index contributed by atoms with van der Waals surface area (Å²) in [6.07, 6.45) is 0.701. The van der Waals surface area contributed by atoms with Crippen LogP contribution in [0.1, 0.15) is 42.4 Å². The zero-order valence-electron chi connectivity index (χ0n) is 37.3. The second kappa shape index (κ2) is 24.4. The molecule has 0 aromatic heterocycles. The number of benzene rings is 5. The number of fused-ring (bicyclic) bond motifs is 1. The first-order valence-corrected chi connectivity index (χ1v) is 22.1. The van der Waals surface area contributed by atoms with Gasteiger partial charge in [-0.2, -0.15) is 0 Å². The number of ether oxygens (including phenoxy) is 2. The van der Waals surface area contributed by atoms with Crippen molar-refractivity contribution in [2.45, 2.75) is 69.3 Å². The third-order valence-electron chi connectivity index (χ3n) is 11.2. The number of likely N-dealkylation sites (tertiary alicyclic amines) is 1. The molecule has 4 atom stereocenters. The van der Waals surface area contributed by atoms with Gasteiger partial charge in [-0.3, -0.25) is 29.0 Å². The zero-order valence-corrected chi connectivity index (χ0v) is 37.3. The van der Waals surface area contributed by atoms with E-state index in [1.54, 1.807) is 61.7 Å². The summed E-state index contributed by atoms with van der Waals surface area (Å²) < 4.78 is 10.9. The largest absolute Gasteiger partial charge is 0.496 e. The van der Waals surface area contributed by atoms with Crippen molar-refractivity contribution in [3.05, 3.63) is 144 Å². The van der Waals surface area contributed by atoms with Crippen LogP contribution in [0.2, 0.25) is 0 Å². The van der Waals surface area contributed by atoms with Crippen LogP contribution in [0.3, 0.4) is 0 Å². The minimum absolute atomic E-state index is 0.0316. The summed E-state index contributed by atoms with van der Waals surface area (Å²) in [4.78, 5) is 88.2. The SMILES string of the molecule is COc1cc(NC(=O)[C@@H]2CCCN2C(=O)[C@H](Cc2ccccc2)NC(=O)[C@H](Cc2ccccc2)NC(=O)CNC(=O)[C@H](CCCN=C(N)N)NC(=O)OCc2ccccc2)cc2ccccc12. The second-order valence-corrected chi connectivity index (χ2v) is 16.1. The summed E-state index contributed by atoms with van der Waals surface area (Å²) in [5, 5.41) is 15.5. The Kier molecular flexibility index (Phi) is 17.6. The smallest absolute Gasteiger partial charge is 0.408 e. The van der Waals surface area contributed by atoms with Crippen molar-refractivity contribution in [2.24, 2.45) is 16.5 Å². The number of carbonyl (C=O) groups is 6. The lowest BCUT2D eigenvalue weighted by molar-refractivity contribution is -0.140. The molecule has 0 spiro atoms. The molecule has 6 amide bonds. The molecule has 350 valence electrons. The summed E-state index contributed by atoms with van der Waals surface area (Å²) in [5.74, 6) is -2.41. The van der Waals surface area contributed by atoms with E-state index in [-0.39, 0.29) is 50.8 Å². The molecule has 1 aliphatic rings. The maximum Gasteiger partial charge on any atom is 0.408 e. The molecule has 1 heterocycles. The molecule has 5 aromatic rings. The van der Waals surface area contributed by atoms with Crippen LogP contribution in [0, 0.1) is 0 Å². The number of anilines is 1. The van der Waals surface area contributed by atoms with Crippen molar-refractivity contribution in [3.8, 4) is 5.75 Å². The van der Waals surface area contributed by atoms with E-state index in [1.165, 1.54) is 4.90 Å². The van der Waals surface area contributed by atoms with Crippen LogP contribution in [0.4, 0.5) is 10.5 Å². The highest BCUT2D eigenvalue weighted by molar-refractivity contribution is 6.02. The fourth-order valence-electron chi connectivity index (χ4n) is 7.84. The predicted molar refractivity (Wildman–Crippen MR) is 254 cm³/mol. The molecule has 17 nitrogen and oxygen atoms in total. The van der Waals surface area contributed by atoms with Gasteiger partial charge >= 0.3 is 6.09 Å². The van der Waals surface area contributed by atoms with Crippen LogP contribution < -0.4 is 42.8 Å². The normalized spacial score (nSPS) is 14.4. The highest BCUT2D eigenvalue weighted by atomic mass is 16.5. The Hall–Kier alpha value is -7.95. The zero-order chi connectivity index (χ0) is 47.5. The summed E-state index contributed by atoms with van der Waals surface area (Å²) in [6, 6.07) is 34.2. The van der Waals surface area contributed by atoms with Crippen molar-refractivity contribution in [2.75, 3.05) is 32.1 Å². The Morgan fingerprint density at radius 1 is 0.731 bits per heavy atom. The molecular formula is C50H57N9O8. The molecular weight excluding hydrogens is 855 g/mol. The van der Waals surface area contributed by atoms with Gasteiger partial charge in [-0.25, -0.2) is 4.79 Å². The molecule has 0 unspecified atom stereocenters. The number of amides is 6. The standard InChI is InChI=1S/C50H57N9O8/c1-66-43-30-37(29-36-21-11-12-22-38(36)43)55-47(63)42-24-14-26-59(42)48(64)41(28-34-17-7-3-8-18-34)57-46(62)40(27-33-15-5-2-6-16-33)56-44(60)31-54-45(61)39(23-13-25-53-49(51)52)58-50(65)67-32-35-19-9-4-10-20-35/h2-12,15-22,29-30,39-42H,13-14,23-28,31-32H2,1H3,(H,54,61)(H,55,63)(H,56,60)(H,57,62)(H,58,65)(H4,51,52,53)/t39-,40-,41-,42-/m0/s1. The quantitative estimate of drug-likeness (QED) is 0.0320. The van der Waals surface area contributed by atoms with Crippen LogP contribution in [0.25, 0.3) is 10.8 Å². The lowest BCUT2D eigenvalue weighted by Crippen LogP contribution is -2.58. The number of methoxy groups -OCH3 is 1. The molecule has 67 heavy (non-hydrogen) atoms. The summed E-state index contributed by atoms with van der Waals surface area (Å²) in [7, 11) is 1.56. The average molecular weight is 912 g/mol. The number of guanidine groups is 1. The van der Waals surface area contributed by atoms with Crippen LogP contribution in [0.15, 0.2) is 132 Å². The van der Waals surface area contributed by atoms with E-state index in [4.69, 9.17) is 20.9 Å². The Morgan fingerprint density at radius 3 is 2.01 bits per heavy atom. The fourth-order valence-corrected chi connectivity index (χ4v) is 7.84. The third kappa shape index (κ3) is 14.5. The van der Waals surface area contributed by atoms with E-state index in [1.807, 2.05) is 72.8 Å². The maximum absolute atomic E-state index is 14.6. The molecule has 1 aliphatic heterocycles. The highest BCUT2D eigenvalue weighted by Crippen LogP contribution is 2.30. The Bertz CT molecular complexity index is 2510. The molecule has 0 aliphatic carbocycles. The van der Waals surface area contributed by atoms with Crippen molar-refractivity contribution in [1.29, 1.82) is 0 Å². The summed E-state index contributed by atoms with van der Waals surface area (Å²) in [6.45, 7) is -0.111. The van der Waals surface area contributed by atoms with Gasteiger partial charge in [0.05, 0.1) is 13.7 Å². The minimum atomic E-state index is -1.19. The molecule has 0 bridgehead atoms. The number of nitrogens with one attached hydrogen (secondary N) is 5. The van der Waals surface area contributed by atoms with Gasteiger partial charge in [0.1, 0.15) is 36.5 Å². The van der Waals surface area contributed by atoms with Crippen LogP contribution in [-0.2, 0) is 48.2 Å². The molecule has 17 heteroatoms. The number of rotatable bonds is 21. The Labute approximate surface area is 389 Å². The molecule has 9 N–H and O–H groups in total. The number of hydrogen-bond donors (Lipinski definition) is 7. The first kappa shape index (κ1) is 48.5.